The van der Waals surface area contributed by atoms with Gasteiger partial charge in [0.2, 0.25) is 5.88 Å². The average Bonchev–Trinajstić information content (AvgIpc) is 3.57. The van der Waals surface area contributed by atoms with E-state index < -0.39 is 0 Å². The number of nitrogens with zero attached hydrogens (tertiary/aromatic N) is 3. The van der Waals surface area contributed by atoms with E-state index in [1.807, 2.05) is 0 Å². The lowest BCUT2D eigenvalue weighted by molar-refractivity contribution is -0.121. The van der Waals surface area contributed by atoms with Gasteiger partial charge in [-0.1, -0.05) is 134 Å². The van der Waals surface area contributed by atoms with Gasteiger partial charge in [0.15, 0.2) is 6.23 Å². The number of rotatable bonds is 2. The van der Waals surface area contributed by atoms with Gasteiger partial charge in [-0.2, -0.15) is 0 Å². The van der Waals surface area contributed by atoms with Crippen LogP contribution < -0.4 is 20.7 Å². The monoisotopic (exact) mass is 816 g/mol. The molecule has 4 aromatic rings. The number of piperidine rings is 1. The van der Waals surface area contributed by atoms with Crippen molar-refractivity contribution in [2.75, 3.05) is 9.80 Å². The summed E-state index contributed by atoms with van der Waals surface area (Å²) in [5.74, 6) is 1.02. The summed E-state index contributed by atoms with van der Waals surface area (Å²) in [6.45, 7) is 43.1. The minimum absolute atomic E-state index is 0.00276. The Morgan fingerprint density at radius 3 is 1.74 bits per heavy atom. The lowest BCUT2D eigenvalue weighted by atomic mass is 9.34. The molecule has 4 aliphatic heterocycles. The molecular weight excluding hydrogens is 741 g/mol. The van der Waals surface area contributed by atoms with Crippen molar-refractivity contribution in [3.8, 4) is 0 Å². The van der Waals surface area contributed by atoms with Crippen LogP contribution in [0.3, 0.4) is 0 Å². The second-order valence-electron chi connectivity index (χ2n) is 25.4. The molecule has 0 saturated carbocycles. The van der Waals surface area contributed by atoms with E-state index in [4.69, 9.17) is 4.74 Å². The number of ether oxygens (including phenoxy) is 1. The Hall–Kier alpha value is -4.12. The summed E-state index contributed by atoms with van der Waals surface area (Å²) in [6, 6.07) is 27.0. The zero-order valence-corrected chi connectivity index (χ0v) is 41.1. The van der Waals surface area contributed by atoms with Crippen LogP contribution in [-0.2, 0) is 31.8 Å². The second kappa shape index (κ2) is 13.0. The Balaban J connectivity index is 1.44. The molecule has 322 valence electrons. The number of benzene rings is 4. The van der Waals surface area contributed by atoms with Crippen LogP contribution in [0.1, 0.15) is 177 Å². The summed E-state index contributed by atoms with van der Waals surface area (Å²) in [6.07, 6.45) is 4.50. The summed E-state index contributed by atoms with van der Waals surface area (Å²) < 4.78 is 7.73. The summed E-state index contributed by atoms with van der Waals surface area (Å²) in [7, 11) is 0. The zero-order valence-electron chi connectivity index (χ0n) is 41.1. The molecule has 1 atom stereocenters. The van der Waals surface area contributed by atoms with Crippen LogP contribution in [0.25, 0.3) is 0 Å². The zero-order chi connectivity index (χ0) is 44.4. The number of hydrogen-bond donors (Lipinski definition) is 0. The molecule has 4 nitrogen and oxygen atoms in total. The van der Waals surface area contributed by atoms with E-state index in [2.05, 4.69) is 206 Å². The fourth-order valence-corrected chi connectivity index (χ4v) is 11.3. The SMILES string of the molecule is Cc1cc2c(cc1N1C3=C(B4c5ccc(C(C)(C)C)cc5N(c5cccc(C(C)(C)C)c5)c5cc(C(C)(C)C)cc1c54)N1C(O3)C(C)(C)CCC1(C)C)C(C)(C)CCC2(C)C. The van der Waals surface area contributed by atoms with Crippen molar-refractivity contribution in [1.29, 1.82) is 0 Å². The predicted octanol–water partition coefficient (Wildman–Crippen LogP) is 13.7. The van der Waals surface area contributed by atoms with Crippen molar-refractivity contribution in [2.45, 2.75) is 189 Å². The van der Waals surface area contributed by atoms with Crippen molar-refractivity contribution < 1.29 is 4.74 Å². The van der Waals surface area contributed by atoms with Crippen molar-refractivity contribution in [1.82, 2.24) is 4.90 Å². The minimum Gasteiger partial charge on any atom is -0.453 e. The molecule has 1 saturated heterocycles. The van der Waals surface area contributed by atoms with Gasteiger partial charge in [0.25, 0.3) is 6.71 Å². The molecule has 4 heterocycles. The Morgan fingerprint density at radius 1 is 0.574 bits per heavy atom. The van der Waals surface area contributed by atoms with Crippen molar-refractivity contribution in [3.05, 3.63) is 112 Å². The van der Waals surface area contributed by atoms with E-state index >= 15 is 0 Å². The summed E-state index contributed by atoms with van der Waals surface area (Å²) in [4.78, 5) is 8.00. The lowest BCUT2D eigenvalue weighted by Gasteiger charge is -2.53. The number of aryl methyl sites for hydroxylation is 1. The molecule has 1 fully saturated rings. The van der Waals surface area contributed by atoms with Gasteiger partial charge in [0, 0.05) is 33.7 Å². The molecule has 9 rings (SSSR count). The Morgan fingerprint density at radius 2 is 1.13 bits per heavy atom. The topological polar surface area (TPSA) is 19.0 Å². The number of hydrogen-bond acceptors (Lipinski definition) is 4. The van der Waals surface area contributed by atoms with Crippen LogP contribution in [-0.4, -0.2) is 23.4 Å². The van der Waals surface area contributed by atoms with Gasteiger partial charge < -0.3 is 14.5 Å². The molecule has 0 amide bonds. The van der Waals surface area contributed by atoms with Gasteiger partial charge in [0.1, 0.15) is 0 Å². The van der Waals surface area contributed by atoms with Gasteiger partial charge in [-0.15, -0.1) is 0 Å². The van der Waals surface area contributed by atoms with Gasteiger partial charge in [-0.25, -0.2) is 0 Å². The first-order chi connectivity index (χ1) is 28.0. The van der Waals surface area contributed by atoms with Gasteiger partial charge in [-0.3, -0.25) is 4.90 Å². The predicted molar refractivity (Wildman–Crippen MR) is 262 cm³/mol. The smallest absolute Gasteiger partial charge is 0.276 e. The van der Waals surface area contributed by atoms with Crippen LogP contribution in [0.15, 0.2) is 78.2 Å². The third-order valence-electron chi connectivity index (χ3n) is 15.7. The van der Waals surface area contributed by atoms with Crippen LogP contribution in [0.5, 0.6) is 0 Å². The molecule has 0 spiro atoms. The quantitative estimate of drug-likeness (QED) is 0.188. The first-order valence-corrected chi connectivity index (χ1v) is 23.4. The molecule has 0 aromatic heterocycles. The molecule has 1 unspecified atom stereocenters. The van der Waals surface area contributed by atoms with E-state index in [9.17, 15) is 0 Å². The molecule has 0 bridgehead atoms. The lowest BCUT2D eigenvalue weighted by Crippen LogP contribution is -2.63. The third kappa shape index (κ3) is 6.43. The van der Waals surface area contributed by atoms with E-state index in [-0.39, 0.29) is 51.0 Å². The highest BCUT2D eigenvalue weighted by Crippen LogP contribution is 2.57. The molecular formula is C56H74BN3O. The fraction of sp³-hybridized carbons (Fsp3) is 0.536. The van der Waals surface area contributed by atoms with Crippen molar-refractivity contribution in [2.24, 2.45) is 5.41 Å². The maximum atomic E-state index is 7.73. The number of anilines is 5. The summed E-state index contributed by atoms with van der Waals surface area (Å²) in [5, 5.41) is 0. The van der Waals surface area contributed by atoms with Crippen LogP contribution in [0, 0.1) is 12.3 Å². The highest BCUT2D eigenvalue weighted by Gasteiger charge is 2.60. The van der Waals surface area contributed by atoms with E-state index in [1.165, 1.54) is 91.2 Å². The van der Waals surface area contributed by atoms with Crippen LogP contribution in [0.2, 0.25) is 0 Å². The van der Waals surface area contributed by atoms with Gasteiger partial charge >= 0.3 is 0 Å². The molecule has 0 radical (unpaired) electrons. The largest absolute Gasteiger partial charge is 0.453 e. The normalized spacial score (nSPS) is 22.0. The first kappa shape index (κ1) is 42.2. The van der Waals surface area contributed by atoms with E-state index in [0.29, 0.717) is 0 Å². The molecule has 4 aromatic carbocycles. The minimum atomic E-state index is -0.108. The molecule has 5 aliphatic rings. The highest BCUT2D eigenvalue weighted by molar-refractivity contribution is 6.95. The maximum absolute atomic E-state index is 7.73. The van der Waals surface area contributed by atoms with Crippen molar-refractivity contribution in [3.63, 3.8) is 0 Å². The van der Waals surface area contributed by atoms with Gasteiger partial charge in [0.05, 0.1) is 11.3 Å². The van der Waals surface area contributed by atoms with Crippen molar-refractivity contribution >= 4 is 46.1 Å². The maximum Gasteiger partial charge on any atom is 0.276 e. The Bertz CT molecular complexity index is 2510. The summed E-state index contributed by atoms with van der Waals surface area (Å²) >= 11 is 0. The molecule has 5 heteroatoms. The molecule has 61 heavy (non-hydrogen) atoms. The van der Waals surface area contributed by atoms with Gasteiger partial charge in [-0.05, 0) is 154 Å². The Kier molecular flexibility index (Phi) is 8.98. The van der Waals surface area contributed by atoms with E-state index in [1.54, 1.807) is 0 Å². The third-order valence-corrected chi connectivity index (χ3v) is 15.7. The van der Waals surface area contributed by atoms with Crippen LogP contribution >= 0.6 is 0 Å². The average molecular weight is 816 g/mol. The number of fused-ring (bicyclic) bond motifs is 6. The fourth-order valence-electron chi connectivity index (χ4n) is 11.3. The van der Waals surface area contributed by atoms with E-state index in [0.717, 1.165) is 18.7 Å². The first-order valence-electron chi connectivity index (χ1n) is 23.4. The summed E-state index contributed by atoms with van der Waals surface area (Å²) in [5.41, 5.74) is 18.5. The highest BCUT2D eigenvalue weighted by atomic mass is 16.5. The molecule has 1 aliphatic carbocycles. The molecule has 0 N–H and O–H groups in total. The second-order valence-corrected chi connectivity index (χ2v) is 25.4. The van der Waals surface area contributed by atoms with Crippen LogP contribution in [0.4, 0.5) is 28.4 Å². The Labute approximate surface area is 370 Å². The standard InChI is InChI=1S/C56H74BN3O/c1-34-28-39-40(54(13,14)25-24-53(39,11)12)33-42(34)59-45-32-37(52(8,9)10)31-44-46(45)57(47-48(59)61-49-55(15,16)26-27-56(17,18)60(47)49)41-23-22-36(51(5,6)7)30-43(41)58(44)38-21-19-20-35(29-38)50(2,3)4/h19-23,28-33,49H,24-27H2,1-18H3.